The molecule has 0 amide bonds. The molecule has 1 aliphatic rings. The minimum absolute atomic E-state index is 0. The van der Waals surface area contributed by atoms with Crippen molar-refractivity contribution in [2.24, 2.45) is 0 Å². The van der Waals surface area contributed by atoms with Crippen LogP contribution in [0.2, 0.25) is 0 Å². The molecule has 1 heterocycles. The van der Waals surface area contributed by atoms with Crippen LogP contribution < -0.4 is 17.0 Å². The van der Waals surface area contributed by atoms with E-state index in [1.54, 1.807) is 0 Å². The molecule has 1 fully saturated rings. The summed E-state index contributed by atoms with van der Waals surface area (Å²) in [5, 5.41) is 0. The molecule has 1 unspecified atom stereocenters. The summed E-state index contributed by atoms with van der Waals surface area (Å²) in [6.45, 7) is 5.91. The summed E-state index contributed by atoms with van der Waals surface area (Å²) in [7, 11) is 0. The number of hydrogen-bond acceptors (Lipinski definition) is 2. The smallest absolute Gasteiger partial charge is 1.00 e. The molecule has 56 valence electrons. The Morgan fingerprint density at radius 2 is 2.10 bits per heavy atom. The van der Waals surface area contributed by atoms with Crippen LogP contribution in [0.3, 0.4) is 0 Å². The number of rotatable bonds is 1. The van der Waals surface area contributed by atoms with Gasteiger partial charge in [0.25, 0.3) is 0 Å². The quantitative estimate of drug-likeness (QED) is 0.352. The van der Waals surface area contributed by atoms with Crippen molar-refractivity contribution >= 4 is 23.1 Å². The van der Waals surface area contributed by atoms with Crippen molar-refractivity contribution in [2.75, 3.05) is 19.8 Å². The second-order valence-corrected chi connectivity index (χ2v) is 1.86. The predicted octanol–water partition coefficient (Wildman–Crippen LogP) is -2.75. The van der Waals surface area contributed by atoms with Gasteiger partial charge in [-0.3, -0.25) is 0 Å². The van der Waals surface area contributed by atoms with Gasteiger partial charge >= 0.3 is 23.1 Å². The Bertz CT molecular complexity index is 66.8. The van der Waals surface area contributed by atoms with Crippen molar-refractivity contribution in [3.8, 4) is 0 Å². The summed E-state index contributed by atoms with van der Waals surface area (Å²) in [4.78, 5) is 0. The molecule has 0 bridgehead atoms. The molecule has 0 aromatic carbocycles. The van der Waals surface area contributed by atoms with Gasteiger partial charge in [0, 0.05) is 0 Å². The van der Waals surface area contributed by atoms with E-state index in [0.29, 0.717) is 0 Å². The number of hydrogen-bond donors (Lipinski definition) is 0. The van der Waals surface area contributed by atoms with Crippen molar-refractivity contribution in [2.45, 2.75) is 12.5 Å². The Morgan fingerprint density at radius 3 is 2.40 bits per heavy atom. The molecule has 0 spiro atoms. The SMILES string of the molecule is [Br-].[CH2-]CC1COCCO1.[Mg+2]. The minimum Gasteiger partial charge on any atom is -1.00 e. The zero-order chi connectivity index (χ0) is 5.82. The van der Waals surface area contributed by atoms with E-state index in [-0.39, 0.29) is 46.1 Å². The van der Waals surface area contributed by atoms with E-state index in [2.05, 4.69) is 6.92 Å². The third kappa shape index (κ3) is 4.90. The van der Waals surface area contributed by atoms with Crippen molar-refractivity contribution < 1.29 is 26.5 Å². The average molecular weight is 219 g/mol. The summed E-state index contributed by atoms with van der Waals surface area (Å²) in [5.74, 6) is 0. The zero-order valence-corrected chi connectivity index (χ0v) is 9.01. The molecule has 1 rings (SSSR count). The molecule has 1 aliphatic heterocycles. The Hall–Kier alpha value is 1.17. The normalized spacial score (nSPS) is 24.3. The monoisotopic (exact) mass is 218 g/mol. The van der Waals surface area contributed by atoms with Gasteiger partial charge in [-0.15, -0.1) is 0 Å². The zero-order valence-electron chi connectivity index (χ0n) is 6.01. The molecule has 1 saturated heterocycles. The first-order chi connectivity index (χ1) is 3.93. The van der Waals surface area contributed by atoms with Gasteiger partial charge in [-0.2, -0.15) is 6.42 Å². The summed E-state index contributed by atoms with van der Waals surface area (Å²) < 4.78 is 10.3. The molecule has 4 heteroatoms. The standard InChI is InChI=1S/C6H11O2.BrH.Mg/c1-2-6-5-7-3-4-8-6;;/h6H,1-5H2;1H;/q-1;;+2/p-1. The third-order valence-corrected chi connectivity index (χ3v) is 1.21. The molecule has 0 aromatic rings. The maximum atomic E-state index is 5.24. The fraction of sp³-hybridized carbons (Fsp3) is 0.833. The Morgan fingerprint density at radius 1 is 1.40 bits per heavy atom. The molecule has 2 nitrogen and oxygen atoms in total. The van der Waals surface area contributed by atoms with Gasteiger partial charge in [-0.25, -0.2) is 0 Å². The van der Waals surface area contributed by atoms with Crippen molar-refractivity contribution in [1.29, 1.82) is 0 Å². The Balaban J connectivity index is 0. The van der Waals surface area contributed by atoms with Gasteiger partial charge in [0.05, 0.1) is 25.9 Å². The summed E-state index contributed by atoms with van der Waals surface area (Å²) in [5.41, 5.74) is 0. The maximum absolute atomic E-state index is 5.24. The van der Waals surface area contributed by atoms with Gasteiger partial charge in [0.2, 0.25) is 0 Å². The van der Waals surface area contributed by atoms with Crippen molar-refractivity contribution in [3.63, 3.8) is 0 Å². The predicted molar refractivity (Wildman–Crippen MR) is 36.3 cm³/mol. The Kier molecular flexibility index (Phi) is 11.4. The van der Waals surface area contributed by atoms with Crippen LogP contribution >= 0.6 is 0 Å². The van der Waals surface area contributed by atoms with E-state index >= 15 is 0 Å². The minimum atomic E-state index is 0. The maximum Gasteiger partial charge on any atom is 2.00 e. The topological polar surface area (TPSA) is 18.5 Å². The molecule has 0 N–H and O–H groups in total. The van der Waals surface area contributed by atoms with Crippen LogP contribution in [-0.4, -0.2) is 49.0 Å². The van der Waals surface area contributed by atoms with Gasteiger partial charge in [0.15, 0.2) is 0 Å². The second kappa shape index (κ2) is 8.26. The summed E-state index contributed by atoms with van der Waals surface area (Å²) in [6.07, 6.45) is 1.07. The summed E-state index contributed by atoms with van der Waals surface area (Å²) >= 11 is 0. The van der Waals surface area contributed by atoms with E-state index in [1.165, 1.54) is 0 Å². The number of halogens is 1. The third-order valence-electron chi connectivity index (χ3n) is 1.21. The molecular weight excluding hydrogens is 208 g/mol. The molecule has 0 aliphatic carbocycles. The van der Waals surface area contributed by atoms with E-state index in [9.17, 15) is 0 Å². The molecule has 0 saturated carbocycles. The van der Waals surface area contributed by atoms with Gasteiger partial charge in [-0.1, -0.05) is 0 Å². The van der Waals surface area contributed by atoms with Crippen LogP contribution in [-0.2, 0) is 9.47 Å². The molecule has 0 aromatic heterocycles. The van der Waals surface area contributed by atoms with Crippen LogP contribution in [0.5, 0.6) is 0 Å². The van der Waals surface area contributed by atoms with E-state index < -0.39 is 0 Å². The second-order valence-electron chi connectivity index (χ2n) is 1.86. The van der Waals surface area contributed by atoms with E-state index in [1.807, 2.05) is 0 Å². The van der Waals surface area contributed by atoms with E-state index in [0.717, 1.165) is 26.2 Å². The van der Waals surface area contributed by atoms with Crippen LogP contribution in [0, 0.1) is 6.92 Å². The fourth-order valence-electron chi connectivity index (χ4n) is 0.703. The van der Waals surface area contributed by atoms with Crippen molar-refractivity contribution in [3.05, 3.63) is 6.92 Å². The Labute approximate surface area is 88.6 Å². The van der Waals surface area contributed by atoms with Crippen LogP contribution in [0.1, 0.15) is 6.42 Å². The molecule has 10 heavy (non-hydrogen) atoms. The molecule has 1 atom stereocenters. The first kappa shape index (κ1) is 13.7. The van der Waals surface area contributed by atoms with Crippen LogP contribution in [0.4, 0.5) is 0 Å². The fourth-order valence-corrected chi connectivity index (χ4v) is 0.703. The van der Waals surface area contributed by atoms with Gasteiger partial charge in [0.1, 0.15) is 0 Å². The first-order valence-corrected chi connectivity index (χ1v) is 2.92. The van der Waals surface area contributed by atoms with Gasteiger partial charge < -0.3 is 33.4 Å². The average Bonchev–Trinajstić information content (AvgIpc) is 1.90. The first-order valence-electron chi connectivity index (χ1n) is 2.92. The largest absolute Gasteiger partial charge is 2.00 e. The molecular formula is C6H11BrMgO2. The van der Waals surface area contributed by atoms with Crippen LogP contribution in [0.15, 0.2) is 0 Å². The van der Waals surface area contributed by atoms with E-state index in [4.69, 9.17) is 9.47 Å². The molecule has 0 radical (unpaired) electrons. The van der Waals surface area contributed by atoms with Crippen LogP contribution in [0.25, 0.3) is 0 Å². The number of ether oxygens (including phenoxy) is 2. The van der Waals surface area contributed by atoms with Crippen molar-refractivity contribution in [1.82, 2.24) is 0 Å². The summed E-state index contributed by atoms with van der Waals surface area (Å²) in [6, 6.07) is 0. The van der Waals surface area contributed by atoms with Gasteiger partial charge in [-0.05, 0) is 0 Å².